The topological polar surface area (TPSA) is 40.5 Å². The van der Waals surface area contributed by atoms with E-state index < -0.39 is 0 Å². The zero-order chi connectivity index (χ0) is 13.8. The molecule has 106 valence electrons. The summed E-state index contributed by atoms with van der Waals surface area (Å²) in [4.78, 5) is 16.4. The van der Waals surface area contributed by atoms with Crippen molar-refractivity contribution in [2.45, 2.75) is 0 Å². The number of carbonyl (C=O) groups is 1. The van der Waals surface area contributed by atoms with Gasteiger partial charge in [0.1, 0.15) is 5.69 Å². The molecule has 0 aliphatic carbocycles. The summed E-state index contributed by atoms with van der Waals surface area (Å²) >= 11 is 5.91. The highest BCUT2D eigenvalue weighted by atomic mass is 35.5. The smallest absolute Gasteiger partial charge is 0.270 e. The molecule has 19 heavy (non-hydrogen) atoms. The summed E-state index contributed by atoms with van der Waals surface area (Å²) < 4.78 is 1.77. The normalized spacial score (nSPS) is 16.6. The Hall–Kier alpha value is -1.04. The van der Waals surface area contributed by atoms with Crippen molar-refractivity contribution < 1.29 is 4.79 Å². The number of hydrogen-bond acceptors (Lipinski definition) is 3. The maximum absolute atomic E-state index is 12.3. The van der Waals surface area contributed by atoms with E-state index in [0.29, 0.717) is 10.7 Å². The van der Waals surface area contributed by atoms with Crippen LogP contribution in [-0.2, 0) is 7.05 Å². The first-order valence-corrected chi connectivity index (χ1v) is 6.96. The van der Waals surface area contributed by atoms with E-state index in [4.69, 9.17) is 11.6 Å². The molecule has 0 atom stereocenters. The Morgan fingerprint density at radius 1 is 1.47 bits per heavy atom. The van der Waals surface area contributed by atoms with Crippen molar-refractivity contribution in [3.8, 4) is 0 Å². The van der Waals surface area contributed by atoms with E-state index >= 15 is 0 Å². The fourth-order valence-corrected chi connectivity index (χ4v) is 2.51. The summed E-state index contributed by atoms with van der Waals surface area (Å²) in [6.45, 7) is 5.83. The number of aromatic nitrogens is 1. The van der Waals surface area contributed by atoms with Crippen molar-refractivity contribution in [2.75, 3.05) is 46.3 Å². The van der Waals surface area contributed by atoms with Gasteiger partial charge in [-0.05, 0) is 6.07 Å². The summed E-state index contributed by atoms with van der Waals surface area (Å²) in [5.41, 5.74) is 0.632. The maximum Gasteiger partial charge on any atom is 0.270 e. The first-order valence-electron chi connectivity index (χ1n) is 6.58. The first kappa shape index (κ1) is 14.4. The highest BCUT2D eigenvalue weighted by Crippen LogP contribution is 2.14. The van der Waals surface area contributed by atoms with Gasteiger partial charge in [-0.25, -0.2) is 0 Å². The van der Waals surface area contributed by atoms with E-state index in [1.54, 1.807) is 21.7 Å². The molecule has 0 unspecified atom stereocenters. The lowest BCUT2D eigenvalue weighted by atomic mass is 10.3. The van der Waals surface area contributed by atoms with Crippen LogP contribution < -0.4 is 5.32 Å². The standard InChI is InChI=1S/C13H21ClN4O/c1-16(7-8-18-5-3-15-4-6-18)13(19)12-9-11(14)10-17(12)2/h9-10,15H,3-8H2,1-2H3. The molecule has 2 rings (SSSR count). The number of piperazine rings is 1. The van der Waals surface area contributed by atoms with Gasteiger partial charge in [-0.15, -0.1) is 0 Å². The molecule has 0 aromatic carbocycles. The van der Waals surface area contributed by atoms with Crippen LogP contribution in [0.5, 0.6) is 0 Å². The van der Waals surface area contributed by atoms with Crippen LogP contribution in [0.3, 0.4) is 0 Å². The van der Waals surface area contributed by atoms with Gasteiger partial charge in [-0.3, -0.25) is 9.69 Å². The SMILES string of the molecule is CN(CCN1CCNCC1)C(=O)c1cc(Cl)cn1C. The third-order valence-electron chi connectivity index (χ3n) is 3.50. The van der Waals surface area contributed by atoms with Crippen LogP contribution in [0.2, 0.25) is 5.02 Å². The van der Waals surface area contributed by atoms with Crippen LogP contribution in [0.25, 0.3) is 0 Å². The van der Waals surface area contributed by atoms with E-state index in [9.17, 15) is 4.79 Å². The molecule has 0 saturated carbocycles. The second-order valence-electron chi connectivity index (χ2n) is 4.97. The Labute approximate surface area is 119 Å². The van der Waals surface area contributed by atoms with Gasteiger partial charge < -0.3 is 14.8 Å². The highest BCUT2D eigenvalue weighted by molar-refractivity contribution is 6.31. The molecular weight excluding hydrogens is 264 g/mol. The number of nitrogens with zero attached hydrogens (tertiary/aromatic N) is 3. The van der Waals surface area contributed by atoms with E-state index in [1.807, 2.05) is 14.1 Å². The summed E-state index contributed by atoms with van der Waals surface area (Å²) in [6.07, 6.45) is 1.75. The first-order chi connectivity index (χ1) is 9.08. The lowest BCUT2D eigenvalue weighted by molar-refractivity contribution is 0.0765. The molecule has 1 aromatic heterocycles. The van der Waals surface area contributed by atoms with E-state index in [0.717, 1.165) is 39.3 Å². The second-order valence-corrected chi connectivity index (χ2v) is 5.41. The fraction of sp³-hybridized carbons (Fsp3) is 0.615. The molecular formula is C13H21ClN4O. The van der Waals surface area contributed by atoms with Crippen molar-refractivity contribution in [2.24, 2.45) is 7.05 Å². The molecule has 1 aliphatic heterocycles. The van der Waals surface area contributed by atoms with Crippen molar-refractivity contribution in [3.63, 3.8) is 0 Å². The summed E-state index contributed by atoms with van der Waals surface area (Å²) in [7, 11) is 3.68. The van der Waals surface area contributed by atoms with E-state index in [2.05, 4.69) is 10.2 Å². The minimum absolute atomic E-state index is 0.0181. The fourth-order valence-electron chi connectivity index (χ4n) is 2.26. The Kier molecular flexibility index (Phi) is 4.85. The third kappa shape index (κ3) is 3.72. The third-order valence-corrected chi connectivity index (χ3v) is 3.71. The van der Waals surface area contributed by atoms with Crippen LogP contribution >= 0.6 is 11.6 Å². The monoisotopic (exact) mass is 284 g/mol. The minimum Gasteiger partial charge on any atom is -0.345 e. The van der Waals surface area contributed by atoms with E-state index in [-0.39, 0.29) is 5.91 Å². The number of nitrogens with one attached hydrogen (secondary N) is 1. The van der Waals surface area contributed by atoms with Crippen molar-refractivity contribution >= 4 is 17.5 Å². The van der Waals surface area contributed by atoms with Crippen molar-refractivity contribution in [1.29, 1.82) is 0 Å². The zero-order valence-corrected chi connectivity index (χ0v) is 12.3. The molecule has 1 aliphatic rings. The van der Waals surface area contributed by atoms with Gasteiger partial charge in [0.25, 0.3) is 5.91 Å². The Balaban J connectivity index is 1.86. The number of aryl methyl sites for hydroxylation is 1. The van der Waals surface area contributed by atoms with Crippen LogP contribution in [-0.4, -0.2) is 66.6 Å². The predicted octanol–water partition coefficient (Wildman–Crippen LogP) is 0.656. The predicted molar refractivity (Wildman–Crippen MR) is 76.7 cm³/mol. The lowest BCUT2D eigenvalue weighted by Gasteiger charge is -2.29. The average molecular weight is 285 g/mol. The van der Waals surface area contributed by atoms with Gasteiger partial charge in [0, 0.05) is 59.6 Å². The molecule has 1 amide bonds. The quantitative estimate of drug-likeness (QED) is 0.883. The molecule has 6 heteroatoms. The molecule has 0 spiro atoms. The minimum atomic E-state index is 0.0181. The Bertz CT molecular complexity index is 440. The number of hydrogen-bond donors (Lipinski definition) is 1. The molecule has 5 nitrogen and oxygen atoms in total. The van der Waals surface area contributed by atoms with Crippen LogP contribution in [0.15, 0.2) is 12.3 Å². The van der Waals surface area contributed by atoms with Gasteiger partial charge in [0.05, 0.1) is 5.02 Å². The zero-order valence-electron chi connectivity index (χ0n) is 11.5. The number of halogens is 1. The van der Waals surface area contributed by atoms with Crippen LogP contribution in [0, 0.1) is 0 Å². The number of carbonyl (C=O) groups excluding carboxylic acids is 1. The Morgan fingerprint density at radius 3 is 2.74 bits per heavy atom. The number of likely N-dealkylation sites (N-methyl/N-ethyl adjacent to an activating group) is 1. The average Bonchev–Trinajstić information content (AvgIpc) is 2.75. The number of amides is 1. The van der Waals surface area contributed by atoms with Gasteiger partial charge in [0.15, 0.2) is 0 Å². The summed E-state index contributed by atoms with van der Waals surface area (Å²) in [5.74, 6) is 0.0181. The van der Waals surface area contributed by atoms with Crippen molar-refractivity contribution in [3.05, 3.63) is 23.0 Å². The summed E-state index contributed by atoms with van der Waals surface area (Å²) in [6, 6.07) is 1.71. The largest absolute Gasteiger partial charge is 0.345 e. The molecule has 0 bridgehead atoms. The lowest BCUT2D eigenvalue weighted by Crippen LogP contribution is -2.46. The number of rotatable bonds is 4. The Morgan fingerprint density at radius 2 is 2.16 bits per heavy atom. The molecule has 1 fully saturated rings. The second kappa shape index (κ2) is 6.41. The maximum atomic E-state index is 12.3. The van der Waals surface area contributed by atoms with Gasteiger partial charge in [-0.1, -0.05) is 11.6 Å². The summed E-state index contributed by atoms with van der Waals surface area (Å²) in [5, 5.41) is 3.92. The van der Waals surface area contributed by atoms with E-state index in [1.165, 1.54) is 0 Å². The van der Waals surface area contributed by atoms with Crippen LogP contribution in [0.1, 0.15) is 10.5 Å². The molecule has 1 N–H and O–H groups in total. The van der Waals surface area contributed by atoms with Gasteiger partial charge in [0.2, 0.25) is 0 Å². The van der Waals surface area contributed by atoms with Crippen LogP contribution in [0.4, 0.5) is 0 Å². The molecule has 1 aromatic rings. The van der Waals surface area contributed by atoms with Crippen molar-refractivity contribution in [1.82, 2.24) is 19.7 Å². The van der Waals surface area contributed by atoms with Gasteiger partial charge in [-0.2, -0.15) is 0 Å². The van der Waals surface area contributed by atoms with Gasteiger partial charge >= 0.3 is 0 Å². The molecule has 0 radical (unpaired) electrons. The highest BCUT2D eigenvalue weighted by Gasteiger charge is 2.17. The molecule has 2 heterocycles. The molecule has 1 saturated heterocycles.